The number of carbonyl (C=O) groups excluding carboxylic acids is 1. The first-order chi connectivity index (χ1) is 8.18. The fourth-order valence-electron chi connectivity index (χ4n) is 1.41. The van der Waals surface area contributed by atoms with Crippen molar-refractivity contribution in [3.63, 3.8) is 0 Å². The Bertz CT molecular complexity index is 487. The SMILES string of the molecule is CN(C)C(=O)c1cn[nH]c1NCc1ccco1. The second kappa shape index (κ2) is 4.73. The molecule has 0 aliphatic rings. The van der Waals surface area contributed by atoms with Crippen LogP contribution in [0.15, 0.2) is 29.0 Å². The maximum Gasteiger partial charge on any atom is 0.258 e. The van der Waals surface area contributed by atoms with Crippen molar-refractivity contribution in [2.75, 3.05) is 19.4 Å². The number of hydrogen-bond donors (Lipinski definition) is 2. The average Bonchev–Trinajstić information content (AvgIpc) is 2.96. The number of H-pyrrole nitrogens is 1. The minimum absolute atomic E-state index is 0.0966. The molecule has 2 aromatic heterocycles. The summed E-state index contributed by atoms with van der Waals surface area (Å²) in [6, 6.07) is 3.67. The molecule has 1 amide bonds. The third-order valence-electron chi connectivity index (χ3n) is 2.30. The van der Waals surface area contributed by atoms with Gasteiger partial charge in [0.15, 0.2) is 0 Å². The van der Waals surface area contributed by atoms with Crippen LogP contribution in [0.3, 0.4) is 0 Å². The van der Waals surface area contributed by atoms with E-state index in [1.807, 2.05) is 12.1 Å². The van der Waals surface area contributed by atoms with Crippen LogP contribution in [0.1, 0.15) is 16.1 Å². The lowest BCUT2D eigenvalue weighted by Gasteiger charge is -2.10. The van der Waals surface area contributed by atoms with Crippen molar-refractivity contribution >= 4 is 11.7 Å². The number of aromatic nitrogens is 2. The first-order valence-electron chi connectivity index (χ1n) is 5.19. The Kier molecular flexibility index (Phi) is 3.13. The van der Waals surface area contributed by atoms with Gasteiger partial charge in [-0.3, -0.25) is 9.89 Å². The van der Waals surface area contributed by atoms with Gasteiger partial charge >= 0.3 is 0 Å². The number of aromatic amines is 1. The lowest BCUT2D eigenvalue weighted by Crippen LogP contribution is -2.22. The van der Waals surface area contributed by atoms with E-state index in [0.29, 0.717) is 17.9 Å². The van der Waals surface area contributed by atoms with Gasteiger partial charge in [0.25, 0.3) is 5.91 Å². The highest BCUT2D eigenvalue weighted by Crippen LogP contribution is 2.14. The summed E-state index contributed by atoms with van der Waals surface area (Å²) < 4.78 is 5.19. The molecular weight excluding hydrogens is 220 g/mol. The fourth-order valence-corrected chi connectivity index (χ4v) is 1.41. The zero-order valence-corrected chi connectivity index (χ0v) is 9.73. The van der Waals surface area contributed by atoms with Crippen LogP contribution in [0.5, 0.6) is 0 Å². The molecule has 0 aliphatic heterocycles. The second-order valence-corrected chi connectivity index (χ2v) is 3.79. The Hall–Kier alpha value is -2.24. The molecule has 0 radical (unpaired) electrons. The summed E-state index contributed by atoms with van der Waals surface area (Å²) in [5.41, 5.74) is 0.515. The standard InChI is InChI=1S/C11H14N4O2/c1-15(2)11(16)9-7-13-14-10(9)12-6-8-4-3-5-17-8/h3-5,7H,6H2,1-2H3,(H2,12,13,14). The number of rotatable bonds is 4. The largest absolute Gasteiger partial charge is 0.467 e. The van der Waals surface area contributed by atoms with E-state index in [9.17, 15) is 4.79 Å². The third kappa shape index (κ3) is 2.47. The van der Waals surface area contributed by atoms with E-state index in [2.05, 4.69) is 15.5 Å². The van der Waals surface area contributed by atoms with Crippen LogP contribution in [-0.4, -0.2) is 35.1 Å². The van der Waals surface area contributed by atoms with Gasteiger partial charge in [-0.15, -0.1) is 0 Å². The zero-order chi connectivity index (χ0) is 12.3. The smallest absolute Gasteiger partial charge is 0.258 e. The normalized spacial score (nSPS) is 10.2. The molecule has 0 fully saturated rings. The number of furan rings is 1. The molecule has 0 spiro atoms. The minimum atomic E-state index is -0.0966. The van der Waals surface area contributed by atoms with Gasteiger partial charge in [-0.2, -0.15) is 5.10 Å². The Morgan fingerprint density at radius 2 is 2.41 bits per heavy atom. The van der Waals surface area contributed by atoms with Gasteiger partial charge in [0.1, 0.15) is 17.1 Å². The molecule has 90 valence electrons. The molecule has 2 N–H and O–H groups in total. The van der Waals surface area contributed by atoms with Crippen LogP contribution < -0.4 is 5.32 Å². The third-order valence-corrected chi connectivity index (χ3v) is 2.30. The molecule has 0 atom stereocenters. The lowest BCUT2D eigenvalue weighted by atomic mass is 10.3. The Balaban J connectivity index is 2.06. The highest BCUT2D eigenvalue weighted by Gasteiger charge is 2.15. The van der Waals surface area contributed by atoms with Gasteiger partial charge in [0.2, 0.25) is 0 Å². The molecular formula is C11H14N4O2. The van der Waals surface area contributed by atoms with Crippen molar-refractivity contribution in [2.24, 2.45) is 0 Å². The van der Waals surface area contributed by atoms with Gasteiger partial charge in [-0.1, -0.05) is 0 Å². The fraction of sp³-hybridized carbons (Fsp3) is 0.273. The van der Waals surface area contributed by atoms with E-state index in [4.69, 9.17) is 4.42 Å². The van der Waals surface area contributed by atoms with Crippen LogP contribution in [0.2, 0.25) is 0 Å². The van der Waals surface area contributed by atoms with Crippen LogP contribution in [0.25, 0.3) is 0 Å². The molecule has 17 heavy (non-hydrogen) atoms. The summed E-state index contributed by atoms with van der Waals surface area (Å²) in [5.74, 6) is 1.30. The molecule has 0 bridgehead atoms. The molecule has 0 unspecified atom stereocenters. The number of hydrogen-bond acceptors (Lipinski definition) is 4. The molecule has 6 heteroatoms. The van der Waals surface area contributed by atoms with Crippen LogP contribution in [0.4, 0.5) is 5.82 Å². The predicted octanol–water partition coefficient (Wildman–Crippen LogP) is 1.32. The van der Waals surface area contributed by atoms with E-state index < -0.39 is 0 Å². The van der Waals surface area contributed by atoms with Crippen molar-refractivity contribution in [3.8, 4) is 0 Å². The van der Waals surface area contributed by atoms with Gasteiger partial charge in [0, 0.05) is 14.1 Å². The molecule has 0 aliphatic carbocycles. The average molecular weight is 234 g/mol. The molecule has 0 saturated heterocycles. The van der Waals surface area contributed by atoms with Crippen molar-refractivity contribution in [3.05, 3.63) is 35.9 Å². The maximum absolute atomic E-state index is 11.8. The topological polar surface area (TPSA) is 74.2 Å². The summed E-state index contributed by atoms with van der Waals surface area (Å²) in [6.45, 7) is 0.503. The molecule has 2 heterocycles. The van der Waals surface area contributed by atoms with Crippen LogP contribution in [0, 0.1) is 0 Å². The van der Waals surface area contributed by atoms with Crippen LogP contribution >= 0.6 is 0 Å². The van der Waals surface area contributed by atoms with E-state index in [-0.39, 0.29) is 5.91 Å². The van der Waals surface area contributed by atoms with Gasteiger partial charge in [0.05, 0.1) is 19.0 Å². The Morgan fingerprint density at radius 1 is 1.59 bits per heavy atom. The van der Waals surface area contributed by atoms with E-state index in [0.717, 1.165) is 5.76 Å². The number of amides is 1. The van der Waals surface area contributed by atoms with Crippen LogP contribution in [-0.2, 0) is 6.54 Å². The number of nitrogens with one attached hydrogen (secondary N) is 2. The van der Waals surface area contributed by atoms with Crippen molar-refractivity contribution < 1.29 is 9.21 Å². The summed E-state index contributed by atoms with van der Waals surface area (Å²) >= 11 is 0. The summed E-state index contributed by atoms with van der Waals surface area (Å²) in [5, 5.41) is 9.69. The summed E-state index contributed by atoms with van der Waals surface area (Å²) in [6.07, 6.45) is 3.11. The van der Waals surface area contributed by atoms with Gasteiger partial charge < -0.3 is 14.6 Å². The van der Waals surface area contributed by atoms with Gasteiger partial charge in [-0.25, -0.2) is 0 Å². The summed E-state index contributed by atoms with van der Waals surface area (Å²) in [7, 11) is 3.40. The number of nitrogens with zero attached hydrogens (tertiary/aromatic N) is 2. The highest BCUT2D eigenvalue weighted by atomic mass is 16.3. The first-order valence-corrected chi connectivity index (χ1v) is 5.19. The highest BCUT2D eigenvalue weighted by molar-refractivity contribution is 5.98. The number of anilines is 1. The molecule has 0 saturated carbocycles. The predicted molar refractivity (Wildman–Crippen MR) is 62.6 cm³/mol. The Morgan fingerprint density at radius 3 is 3.06 bits per heavy atom. The summed E-state index contributed by atoms with van der Waals surface area (Å²) in [4.78, 5) is 13.3. The van der Waals surface area contributed by atoms with E-state index in [1.54, 1.807) is 20.4 Å². The van der Waals surface area contributed by atoms with E-state index >= 15 is 0 Å². The van der Waals surface area contributed by atoms with Crippen molar-refractivity contribution in [1.29, 1.82) is 0 Å². The molecule has 6 nitrogen and oxygen atoms in total. The molecule has 0 aromatic carbocycles. The van der Waals surface area contributed by atoms with Gasteiger partial charge in [-0.05, 0) is 12.1 Å². The monoisotopic (exact) mass is 234 g/mol. The lowest BCUT2D eigenvalue weighted by molar-refractivity contribution is 0.0828. The van der Waals surface area contributed by atoms with Crippen molar-refractivity contribution in [1.82, 2.24) is 15.1 Å². The quantitative estimate of drug-likeness (QED) is 0.836. The minimum Gasteiger partial charge on any atom is -0.467 e. The first kappa shape index (κ1) is 11.3. The molecule has 2 aromatic rings. The molecule has 2 rings (SSSR count). The second-order valence-electron chi connectivity index (χ2n) is 3.79. The van der Waals surface area contributed by atoms with E-state index in [1.165, 1.54) is 11.1 Å². The zero-order valence-electron chi connectivity index (χ0n) is 9.73. The number of carbonyl (C=O) groups is 1. The Labute approximate surface area is 98.6 Å². The van der Waals surface area contributed by atoms with Crippen molar-refractivity contribution in [2.45, 2.75) is 6.54 Å². The maximum atomic E-state index is 11.8.